The molecule has 2 aromatic rings. The average Bonchev–Trinajstić information content (AvgIpc) is 3.09. The van der Waals surface area contributed by atoms with E-state index in [2.05, 4.69) is 5.16 Å². The van der Waals surface area contributed by atoms with Gasteiger partial charge in [0.05, 0.1) is 26.9 Å². The summed E-state index contributed by atoms with van der Waals surface area (Å²) in [5, 5.41) is 10.9. The third kappa shape index (κ3) is 4.06. The first kappa shape index (κ1) is 23.2. The number of halogens is 8. The van der Waals surface area contributed by atoms with Crippen molar-refractivity contribution < 1.29 is 41.1 Å². The number of oxime groups is 1. The summed E-state index contributed by atoms with van der Waals surface area (Å²) in [6.07, 6.45) is -11.2. The Balaban J connectivity index is 2.10. The molecular formula is C19H11Cl2F6NO3. The summed E-state index contributed by atoms with van der Waals surface area (Å²) in [6, 6.07) is 4.61. The van der Waals surface area contributed by atoms with Crippen LogP contribution in [0.3, 0.4) is 0 Å². The number of carboxylic acids is 1. The highest BCUT2D eigenvalue weighted by Crippen LogP contribution is 2.51. The Bertz CT molecular complexity index is 1100. The fourth-order valence-electron chi connectivity index (χ4n) is 3.17. The Morgan fingerprint density at radius 3 is 2.29 bits per heavy atom. The lowest BCUT2D eigenvalue weighted by Crippen LogP contribution is -2.43. The van der Waals surface area contributed by atoms with E-state index in [0.717, 1.165) is 0 Å². The van der Waals surface area contributed by atoms with Crippen LogP contribution in [0.1, 0.15) is 39.0 Å². The Kier molecular flexibility index (Phi) is 5.69. The lowest BCUT2D eigenvalue weighted by molar-refractivity contribution is -0.276. The van der Waals surface area contributed by atoms with E-state index in [0.29, 0.717) is 6.07 Å². The van der Waals surface area contributed by atoms with Crippen LogP contribution in [-0.2, 0) is 16.6 Å². The van der Waals surface area contributed by atoms with Crippen molar-refractivity contribution in [2.45, 2.75) is 31.3 Å². The Morgan fingerprint density at radius 1 is 1.13 bits per heavy atom. The fourth-order valence-corrected chi connectivity index (χ4v) is 3.61. The van der Waals surface area contributed by atoms with Gasteiger partial charge in [0.15, 0.2) is 0 Å². The van der Waals surface area contributed by atoms with E-state index in [1.54, 1.807) is 0 Å². The van der Waals surface area contributed by atoms with Gasteiger partial charge >= 0.3 is 18.3 Å². The minimum atomic E-state index is -5.17. The standard InChI is InChI=1S/C19H11Cl2F6NO3/c1-8-4-9(2-3-11(8)16(29)30)14-7-17(31-28-14,19(25,26)27)10-5-12(18(22,23)24)15(21)13(20)6-10/h2-6H,7H2,1H3,(H,29,30)/t17-/m0/s1. The van der Waals surface area contributed by atoms with Crippen LogP contribution in [0.4, 0.5) is 26.3 Å². The van der Waals surface area contributed by atoms with Gasteiger partial charge in [-0.1, -0.05) is 34.4 Å². The van der Waals surface area contributed by atoms with Crippen LogP contribution >= 0.6 is 23.2 Å². The third-order valence-corrected chi connectivity index (χ3v) is 5.58. The number of benzene rings is 2. The largest absolute Gasteiger partial charge is 0.478 e. The predicted octanol–water partition coefficient (Wildman–Crippen LogP) is 6.60. The van der Waals surface area contributed by atoms with Gasteiger partial charge in [-0.2, -0.15) is 26.3 Å². The van der Waals surface area contributed by atoms with Gasteiger partial charge in [0.1, 0.15) is 0 Å². The number of aromatic carboxylic acids is 1. The Morgan fingerprint density at radius 2 is 1.77 bits per heavy atom. The molecule has 1 N–H and O–H groups in total. The number of rotatable bonds is 3. The van der Waals surface area contributed by atoms with Gasteiger partial charge in [0, 0.05) is 12.0 Å². The van der Waals surface area contributed by atoms with Crippen molar-refractivity contribution in [2.75, 3.05) is 0 Å². The topological polar surface area (TPSA) is 58.9 Å². The van der Waals surface area contributed by atoms with Crippen molar-refractivity contribution in [3.05, 3.63) is 68.2 Å². The zero-order valence-electron chi connectivity index (χ0n) is 15.3. The van der Waals surface area contributed by atoms with Gasteiger partial charge in [-0.3, -0.25) is 0 Å². The van der Waals surface area contributed by atoms with Gasteiger partial charge < -0.3 is 9.94 Å². The Hall–Kier alpha value is -2.46. The molecular weight excluding hydrogens is 475 g/mol. The van der Waals surface area contributed by atoms with Crippen molar-refractivity contribution >= 4 is 34.9 Å². The smallest absolute Gasteiger partial charge is 0.435 e. The first-order valence-corrected chi connectivity index (χ1v) is 9.16. The molecule has 1 atom stereocenters. The summed E-state index contributed by atoms with van der Waals surface area (Å²) in [5.41, 5.74) is -5.61. The fraction of sp³-hybridized carbons (Fsp3) is 0.263. The quantitative estimate of drug-likeness (QED) is 0.498. The summed E-state index contributed by atoms with van der Waals surface area (Å²) < 4.78 is 82.0. The molecule has 2 aromatic carbocycles. The first-order valence-electron chi connectivity index (χ1n) is 8.40. The molecule has 0 fully saturated rings. The summed E-state index contributed by atoms with van der Waals surface area (Å²) in [6.45, 7) is 1.44. The van der Waals surface area contributed by atoms with Gasteiger partial charge in [-0.25, -0.2) is 4.79 Å². The normalized spacial score (nSPS) is 19.2. The maximum atomic E-state index is 14.1. The third-order valence-electron chi connectivity index (χ3n) is 4.78. The summed E-state index contributed by atoms with van der Waals surface area (Å²) >= 11 is 11.2. The molecule has 0 spiro atoms. The number of alkyl halides is 6. The van der Waals surface area contributed by atoms with E-state index in [1.807, 2.05) is 0 Å². The number of carboxylic acid groups (broad SMARTS) is 1. The summed E-state index contributed by atoms with van der Waals surface area (Å²) in [7, 11) is 0. The van der Waals surface area contributed by atoms with E-state index < -0.39 is 51.5 Å². The van der Waals surface area contributed by atoms with E-state index in [-0.39, 0.29) is 28.5 Å². The second-order valence-corrected chi connectivity index (χ2v) is 7.57. The zero-order chi connectivity index (χ0) is 23.4. The lowest BCUT2D eigenvalue weighted by atomic mass is 9.85. The second-order valence-electron chi connectivity index (χ2n) is 6.78. The van der Waals surface area contributed by atoms with Crippen molar-refractivity contribution in [1.29, 1.82) is 0 Å². The Labute approximate surface area is 181 Å². The molecule has 0 aromatic heterocycles. The molecule has 0 unspecified atom stereocenters. The van der Waals surface area contributed by atoms with Gasteiger partial charge in [-0.15, -0.1) is 0 Å². The molecule has 0 saturated heterocycles. The highest BCUT2D eigenvalue weighted by atomic mass is 35.5. The highest BCUT2D eigenvalue weighted by Gasteiger charge is 2.62. The summed E-state index contributed by atoms with van der Waals surface area (Å²) in [4.78, 5) is 15.8. The van der Waals surface area contributed by atoms with E-state index in [1.165, 1.54) is 25.1 Å². The molecule has 1 aliphatic heterocycles. The number of carbonyl (C=O) groups is 1. The van der Waals surface area contributed by atoms with Gasteiger partial charge in [-0.05, 0) is 42.3 Å². The number of aryl methyl sites for hydroxylation is 1. The van der Waals surface area contributed by atoms with Crippen LogP contribution in [0.15, 0.2) is 35.5 Å². The molecule has 3 rings (SSSR count). The van der Waals surface area contributed by atoms with Crippen LogP contribution in [-0.4, -0.2) is 23.0 Å². The number of hydrogen-bond donors (Lipinski definition) is 1. The molecule has 0 saturated carbocycles. The molecule has 12 heteroatoms. The summed E-state index contributed by atoms with van der Waals surface area (Å²) in [5.74, 6) is -1.23. The average molecular weight is 486 g/mol. The number of hydrogen-bond acceptors (Lipinski definition) is 3. The molecule has 0 bridgehead atoms. The van der Waals surface area contributed by atoms with Gasteiger partial charge in [0.2, 0.25) is 0 Å². The minimum Gasteiger partial charge on any atom is -0.478 e. The molecule has 4 nitrogen and oxygen atoms in total. The van der Waals surface area contributed by atoms with Crippen LogP contribution in [0, 0.1) is 6.92 Å². The predicted molar refractivity (Wildman–Crippen MR) is 99.6 cm³/mol. The van der Waals surface area contributed by atoms with Crippen molar-refractivity contribution in [1.82, 2.24) is 0 Å². The van der Waals surface area contributed by atoms with E-state index >= 15 is 0 Å². The molecule has 1 aliphatic rings. The molecule has 1 heterocycles. The van der Waals surface area contributed by atoms with Crippen molar-refractivity contribution in [3.8, 4) is 0 Å². The zero-order valence-corrected chi connectivity index (χ0v) is 16.8. The minimum absolute atomic E-state index is 0.0651. The maximum Gasteiger partial charge on any atom is 0.435 e. The van der Waals surface area contributed by atoms with Gasteiger partial charge in [0.25, 0.3) is 5.60 Å². The lowest BCUT2D eigenvalue weighted by Gasteiger charge is -2.30. The van der Waals surface area contributed by atoms with Crippen LogP contribution in [0.25, 0.3) is 0 Å². The SMILES string of the molecule is Cc1cc(C2=NO[C@@](c3cc(Cl)c(Cl)c(C(F)(F)F)c3)(C(F)(F)F)C2)ccc1C(=O)O. The molecule has 0 aliphatic carbocycles. The second kappa shape index (κ2) is 7.59. The van der Waals surface area contributed by atoms with E-state index in [4.69, 9.17) is 33.1 Å². The van der Waals surface area contributed by atoms with Crippen molar-refractivity contribution in [2.24, 2.45) is 5.16 Å². The van der Waals surface area contributed by atoms with Crippen LogP contribution in [0.5, 0.6) is 0 Å². The molecule has 31 heavy (non-hydrogen) atoms. The van der Waals surface area contributed by atoms with Crippen LogP contribution in [0.2, 0.25) is 10.0 Å². The van der Waals surface area contributed by atoms with E-state index in [9.17, 15) is 31.1 Å². The monoisotopic (exact) mass is 485 g/mol. The van der Waals surface area contributed by atoms with Crippen molar-refractivity contribution in [3.63, 3.8) is 0 Å². The number of nitrogens with zero attached hydrogens (tertiary/aromatic N) is 1. The first-order chi connectivity index (χ1) is 14.2. The molecule has 0 amide bonds. The highest BCUT2D eigenvalue weighted by molar-refractivity contribution is 6.42. The van der Waals surface area contributed by atoms with Crippen LogP contribution < -0.4 is 0 Å². The molecule has 166 valence electrons. The molecule has 0 radical (unpaired) electrons. The maximum absolute atomic E-state index is 14.1.